The average Bonchev–Trinajstić information content (AvgIpc) is 2.37. The summed E-state index contributed by atoms with van der Waals surface area (Å²) in [6.07, 6.45) is -2.53. The summed E-state index contributed by atoms with van der Waals surface area (Å²) < 4.78 is 25.4. The number of phenols is 1. The van der Waals surface area contributed by atoms with Crippen LogP contribution >= 0.6 is 12.4 Å². The van der Waals surface area contributed by atoms with Gasteiger partial charge in [0.2, 0.25) is 6.43 Å². The quantitative estimate of drug-likeness (QED) is 0.895. The second-order valence-corrected chi connectivity index (χ2v) is 4.52. The molecule has 0 amide bonds. The van der Waals surface area contributed by atoms with Crippen molar-refractivity contribution in [1.29, 1.82) is 0 Å². The van der Waals surface area contributed by atoms with Gasteiger partial charge >= 0.3 is 0 Å². The number of alkyl halides is 2. The van der Waals surface area contributed by atoms with Gasteiger partial charge in [0.15, 0.2) is 0 Å². The van der Waals surface area contributed by atoms with E-state index in [1.54, 1.807) is 24.3 Å². The molecule has 1 heterocycles. The fourth-order valence-electron chi connectivity index (χ4n) is 2.39. The summed E-state index contributed by atoms with van der Waals surface area (Å²) in [6, 6.07) is 6.31. The van der Waals surface area contributed by atoms with Crippen molar-refractivity contribution >= 4 is 12.4 Å². The molecular weight excluding hydrogens is 274 g/mol. The summed E-state index contributed by atoms with van der Waals surface area (Å²) in [4.78, 5) is 2.05. The summed E-state index contributed by atoms with van der Waals surface area (Å²) in [5.74, 6) is 0.127. The van der Waals surface area contributed by atoms with Crippen molar-refractivity contribution in [3.05, 3.63) is 29.8 Å². The number of aromatic hydroxyl groups is 1. The number of rotatable bonds is 4. The van der Waals surface area contributed by atoms with Gasteiger partial charge in [-0.25, -0.2) is 8.78 Å². The van der Waals surface area contributed by atoms with Crippen molar-refractivity contribution in [3.8, 4) is 5.75 Å². The molecule has 0 radical (unpaired) electrons. The number of hydrogen-bond donors (Lipinski definition) is 2. The van der Waals surface area contributed by atoms with Crippen LogP contribution in [0.25, 0.3) is 0 Å². The number of piperazine rings is 1. The molecule has 3 nitrogen and oxygen atoms in total. The standard InChI is InChI=1S/C13H18F2N2O.ClH/c14-13(15)9-12(17-6-4-16-5-7-17)10-2-1-3-11(18)8-10;/h1-3,8,12-13,16,18H,4-7,9H2;1H/t12-;/m0./s1. The maximum absolute atomic E-state index is 12.7. The molecule has 1 fully saturated rings. The zero-order valence-corrected chi connectivity index (χ0v) is 11.4. The van der Waals surface area contributed by atoms with Crippen LogP contribution < -0.4 is 5.32 Å². The van der Waals surface area contributed by atoms with Gasteiger partial charge in [-0.1, -0.05) is 12.1 Å². The minimum Gasteiger partial charge on any atom is -0.508 e. The minimum atomic E-state index is -2.34. The van der Waals surface area contributed by atoms with Gasteiger partial charge in [0.25, 0.3) is 0 Å². The van der Waals surface area contributed by atoms with Crippen LogP contribution in [0.2, 0.25) is 0 Å². The van der Waals surface area contributed by atoms with E-state index >= 15 is 0 Å². The summed E-state index contributed by atoms with van der Waals surface area (Å²) in [6.45, 7) is 3.15. The third-order valence-electron chi connectivity index (χ3n) is 3.25. The van der Waals surface area contributed by atoms with E-state index in [2.05, 4.69) is 10.2 Å². The first-order chi connectivity index (χ1) is 8.66. The van der Waals surface area contributed by atoms with E-state index in [1.807, 2.05) is 0 Å². The van der Waals surface area contributed by atoms with E-state index in [0.29, 0.717) is 0 Å². The van der Waals surface area contributed by atoms with E-state index in [1.165, 1.54) is 0 Å². The van der Waals surface area contributed by atoms with Crippen molar-refractivity contribution in [3.63, 3.8) is 0 Å². The molecule has 19 heavy (non-hydrogen) atoms. The van der Waals surface area contributed by atoms with Crippen LogP contribution in [0.3, 0.4) is 0 Å². The second-order valence-electron chi connectivity index (χ2n) is 4.52. The van der Waals surface area contributed by atoms with Gasteiger partial charge in [0, 0.05) is 38.6 Å². The Morgan fingerprint density at radius 3 is 2.53 bits per heavy atom. The average molecular weight is 293 g/mol. The van der Waals surface area contributed by atoms with Gasteiger partial charge < -0.3 is 10.4 Å². The molecule has 0 spiro atoms. The third-order valence-corrected chi connectivity index (χ3v) is 3.25. The predicted molar refractivity (Wildman–Crippen MR) is 73.2 cm³/mol. The largest absolute Gasteiger partial charge is 0.508 e. The Morgan fingerprint density at radius 2 is 1.95 bits per heavy atom. The zero-order chi connectivity index (χ0) is 13.0. The van der Waals surface area contributed by atoms with E-state index in [0.717, 1.165) is 31.7 Å². The van der Waals surface area contributed by atoms with Crippen LogP contribution in [0, 0.1) is 0 Å². The number of hydrogen-bond acceptors (Lipinski definition) is 3. The predicted octanol–water partition coefficient (Wildman–Crippen LogP) is 2.42. The molecule has 1 aliphatic rings. The molecule has 1 aromatic carbocycles. The summed E-state index contributed by atoms with van der Waals surface area (Å²) in [7, 11) is 0. The Morgan fingerprint density at radius 1 is 1.26 bits per heavy atom. The molecule has 108 valence electrons. The molecule has 0 bridgehead atoms. The molecule has 1 aliphatic heterocycles. The lowest BCUT2D eigenvalue weighted by molar-refractivity contribution is 0.0738. The number of benzene rings is 1. The Balaban J connectivity index is 0.00000180. The first-order valence-corrected chi connectivity index (χ1v) is 6.18. The van der Waals surface area contributed by atoms with E-state index in [4.69, 9.17) is 0 Å². The van der Waals surface area contributed by atoms with Crippen molar-refractivity contribution < 1.29 is 13.9 Å². The maximum Gasteiger partial charge on any atom is 0.240 e. The van der Waals surface area contributed by atoms with Crippen LogP contribution in [-0.2, 0) is 0 Å². The van der Waals surface area contributed by atoms with Crippen molar-refractivity contribution in [2.45, 2.75) is 18.9 Å². The monoisotopic (exact) mass is 292 g/mol. The van der Waals surface area contributed by atoms with E-state index < -0.39 is 6.43 Å². The highest BCUT2D eigenvalue weighted by molar-refractivity contribution is 5.85. The second kappa shape index (κ2) is 7.62. The molecule has 1 atom stereocenters. The molecule has 1 aromatic rings. The molecule has 6 heteroatoms. The Hall–Kier alpha value is -0.910. The summed E-state index contributed by atoms with van der Waals surface area (Å²) in [5, 5.41) is 12.7. The molecule has 0 aliphatic carbocycles. The zero-order valence-electron chi connectivity index (χ0n) is 10.6. The molecule has 2 rings (SSSR count). The first kappa shape index (κ1) is 16.1. The van der Waals surface area contributed by atoms with Crippen molar-refractivity contribution in [2.24, 2.45) is 0 Å². The number of nitrogens with one attached hydrogen (secondary N) is 1. The number of halogens is 3. The van der Waals surface area contributed by atoms with E-state index in [9.17, 15) is 13.9 Å². The lowest BCUT2D eigenvalue weighted by Crippen LogP contribution is -2.45. The normalized spacial score (nSPS) is 18.1. The van der Waals surface area contributed by atoms with Crippen LogP contribution in [-0.4, -0.2) is 42.6 Å². The molecule has 0 unspecified atom stereocenters. The molecular formula is C13H19ClF2N2O. The van der Waals surface area contributed by atoms with E-state index in [-0.39, 0.29) is 30.6 Å². The lowest BCUT2D eigenvalue weighted by Gasteiger charge is -2.35. The fraction of sp³-hybridized carbons (Fsp3) is 0.538. The Labute approximate surface area is 118 Å². The third kappa shape index (κ3) is 4.60. The highest BCUT2D eigenvalue weighted by Crippen LogP contribution is 2.29. The van der Waals surface area contributed by atoms with Gasteiger partial charge in [-0.3, -0.25) is 4.90 Å². The molecule has 2 N–H and O–H groups in total. The summed E-state index contributed by atoms with van der Waals surface area (Å²) in [5.41, 5.74) is 0.761. The van der Waals surface area contributed by atoms with Crippen LogP contribution in [0.15, 0.2) is 24.3 Å². The van der Waals surface area contributed by atoms with Gasteiger partial charge in [-0.05, 0) is 17.7 Å². The maximum atomic E-state index is 12.7. The molecule has 0 saturated carbocycles. The summed E-state index contributed by atoms with van der Waals surface area (Å²) >= 11 is 0. The van der Waals surface area contributed by atoms with Gasteiger partial charge in [0.1, 0.15) is 5.75 Å². The van der Waals surface area contributed by atoms with Crippen LogP contribution in [0.5, 0.6) is 5.75 Å². The molecule has 1 saturated heterocycles. The van der Waals surface area contributed by atoms with Crippen molar-refractivity contribution in [1.82, 2.24) is 10.2 Å². The minimum absolute atomic E-state index is 0. The SMILES string of the molecule is Cl.Oc1cccc([C@H](CC(F)F)N2CCNCC2)c1. The van der Waals surface area contributed by atoms with Gasteiger partial charge in [-0.2, -0.15) is 0 Å². The number of phenolic OH excluding ortho intramolecular Hbond substituents is 1. The van der Waals surface area contributed by atoms with Crippen LogP contribution in [0.4, 0.5) is 8.78 Å². The topological polar surface area (TPSA) is 35.5 Å². The highest BCUT2D eigenvalue weighted by Gasteiger charge is 2.25. The lowest BCUT2D eigenvalue weighted by atomic mass is 10.0. The fourth-order valence-corrected chi connectivity index (χ4v) is 2.39. The van der Waals surface area contributed by atoms with Gasteiger partial charge in [0.05, 0.1) is 0 Å². The van der Waals surface area contributed by atoms with Gasteiger partial charge in [-0.15, -0.1) is 12.4 Å². The Bertz CT molecular complexity index is 387. The van der Waals surface area contributed by atoms with Crippen molar-refractivity contribution in [2.75, 3.05) is 26.2 Å². The Kier molecular flexibility index (Phi) is 6.48. The first-order valence-electron chi connectivity index (χ1n) is 6.18. The molecule has 0 aromatic heterocycles. The smallest absolute Gasteiger partial charge is 0.240 e. The highest BCUT2D eigenvalue weighted by atomic mass is 35.5. The van der Waals surface area contributed by atoms with Crippen LogP contribution in [0.1, 0.15) is 18.0 Å². The number of nitrogens with zero attached hydrogens (tertiary/aromatic N) is 1.